The largest absolute Gasteiger partial charge is 0.394 e. The van der Waals surface area contributed by atoms with Crippen molar-refractivity contribution in [2.45, 2.75) is 48.5 Å². The quantitative estimate of drug-likeness (QED) is 0.560. The minimum atomic E-state index is -0.108. The van der Waals surface area contributed by atoms with Crippen molar-refractivity contribution >= 4 is 23.3 Å². The number of thioether (sulfide) groups is 1. The monoisotopic (exact) mass is 273 g/mol. The molecule has 1 aliphatic rings. The topological polar surface area (TPSA) is 58.0 Å². The molecule has 0 aliphatic heterocycles. The van der Waals surface area contributed by atoms with Gasteiger partial charge in [0.2, 0.25) is 0 Å². The van der Waals surface area contributed by atoms with E-state index < -0.39 is 0 Å². The van der Waals surface area contributed by atoms with Crippen LogP contribution >= 0.6 is 23.3 Å². The van der Waals surface area contributed by atoms with Gasteiger partial charge in [-0.15, -0.1) is 0 Å². The van der Waals surface area contributed by atoms with Crippen molar-refractivity contribution < 1.29 is 5.11 Å². The van der Waals surface area contributed by atoms with Gasteiger partial charge in [0.25, 0.3) is 0 Å². The lowest BCUT2D eigenvalue weighted by Crippen LogP contribution is -2.46. The summed E-state index contributed by atoms with van der Waals surface area (Å²) in [5.41, 5.74) is -0.108. The lowest BCUT2D eigenvalue weighted by atomic mass is 9.97. The van der Waals surface area contributed by atoms with Crippen molar-refractivity contribution in [1.82, 2.24) is 14.7 Å². The van der Waals surface area contributed by atoms with E-state index in [9.17, 15) is 5.11 Å². The molecule has 1 heterocycles. The first-order valence-electron chi connectivity index (χ1n) is 6.00. The maximum atomic E-state index is 9.46. The Morgan fingerprint density at radius 2 is 2.47 bits per heavy atom. The van der Waals surface area contributed by atoms with E-state index in [1.165, 1.54) is 24.4 Å². The lowest BCUT2D eigenvalue weighted by molar-refractivity contribution is 0.163. The summed E-state index contributed by atoms with van der Waals surface area (Å²) in [6.07, 6.45) is 6.20. The third kappa shape index (κ3) is 4.54. The fourth-order valence-corrected chi connectivity index (χ4v) is 3.22. The Kier molecular flexibility index (Phi) is 4.78. The molecule has 0 radical (unpaired) electrons. The number of aromatic nitrogens is 2. The molecule has 1 atom stereocenters. The zero-order chi connectivity index (χ0) is 12.1. The molecule has 1 saturated carbocycles. The van der Waals surface area contributed by atoms with Crippen molar-refractivity contribution in [1.29, 1.82) is 0 Å². The second-order valence-corrected chi connectivity index (χ2v) is 6.92. The van der Waals surface area contributed by atoms with Gasteiger partial charge in [0, 0.05) is 17.3 Å². The van der Waals surface area contributed by atoms with Crippen LogP contribution in [0.5, 0.6) is 0 Å². The summed E-state index contributed by atoms with van der Waals surface area (Å²) in [5.74, 6) is 1.04. The molecule has 17 heavy (non-hydrogen) atoms. The number of aliphatic hydroxyl groups excluding tert-OH is 1. The van der Waals surface area contributed by atoms with E-state index in [0.717, 1.165) is 22.9 Å². The maximum absolute atomic E-state index is 9.46. The average molecular weight is 273 g/mol. The zero-order valence-corrected chi connectivity index (χ0v) is 11.7. The predicted molar refractivity (Wildman–Crippen MR) is 71.5 cm³/mol. The minimum absolute atomic E-state index is 0.108. The van der Waals surface area contributed by atoms with Crippen LogP contribution in [0.1, 0.15) is 32.6 Å². The van der Waals surface area contributed by atoms with Crippen LogP contribution in [0.2, 0.25) is 0 Å². The molecule has 0 amide bonds. The van der Waals surface area contributed by atoms with Crippen molar-refractivity contribution in [2.24, 2.45) is 0 Å². The molecule has 1 aromatic heterocycles. The molecule has 0 bridgehead atoms. The first-order valence-corrected chi connectivity index (χ1v) is 7.76. The van der Waals surface area contributed by atoms with Crippen LogP contribution in [0.3, 0.4) is 0 Å². The summed E-state index contributed by atoms with van der Waals surface area (Å²) in [7, 11) is 0. The second-order valence-electron chi connectivity index (χ2n) is 4.80. The summed E-state index contributed by atoms with van der Waals surface area (Å²) >= 11 is 3.19. The van der Waals surface area contributed by atoms with Gasteiger partial charge in [-0.05, 0) is 44.1 Å². The molecule has 6 heteroatoms. The van der Waals surface area contributed by atoms with Gasteiger partial charge in [-0.1, -0.05) is 11.8 Å². The maximum Gasteiger partial charge on any atom is 0.169 e. The number of nitrogens with one attached hydrogen (secondary N) is 1. The lowest BCUT2D eigenvalue weighted by Gasteiger charge is -2.29. The number of hydrogen-bond acceptors (Lipinski definition) is 6. The van der Waals surface area contributed by atoms with Crippen molar-refractivity contribution in [3.63, 3.8) is 0 Å². The zero-order valence-electron chi connectivity index (χ0n) is 10.1. The minimum Gasteiger partial charge on any atom is -0.394 e. The van der Waals surface area contributed by atoms with E-state index in [1.54, 1.807) is 18.1 Å². The van der Waals surface area contributed by atoms with E-state index >= 15 is 0 Å². The number of nitrogens with zero attached hydrogens (tertiary/aromatic N) is 2. The van der Waals surface area contributed by atoms with Gasteiger partial charge in [-0.25, -0.2) is 4.98 Å². The highest BCUT2D eigenvalue weighted by Gasteiger charge is 2.31. The van der Waals surface area contributed by atoms with Crippen molar-refractivity contribution in [2.75, 3.05) is 12.4 Å². The van der Waals surface area contributed by atoms with Crippen LogP contribution in [0.4, 0.5) is 0 Å². The highest BCUT2D eigenvalue weighted by molar-refractivity contribution is 8.00. The Bertz CT molecular complexity index is 329. The Hall–Kier alpha value is -0.170. The molecule has 0 aromatic carbocycles. The first kappa shape index (κ1) is 13.3. The molecule has 1 unspecified atom stereocenters. The Balaban J connectivity index is 1.65. The molecule has 96 valence electrons. The van der Waals surface area contributed by atoms with Gasteiger partial charge in [0.15, 0.2) is 4.34 Å². The summed E-state index contributed by atoms with van der Waals surface area (Å²) in [6, 6.07) is 0.642. The summed E-state index contributed by atoms with van der Waals surface area (Å²) in [6.45, 7) is 2.33. The third-order valence-electron chi connectivity index (χ3n) is 2.92. The fraction of sp³-hybridized carbons (Fsp3) is 0.818. The van der Waals surface area contributed by atoms with E-state index in [4.69, 9.17) is 0 Å². The molecule has 0 saturated heterocycles. The van der Waals surface area contributed by atoms with E-state index in [0.29, 0.717) is 6.04 Å². The van der Waals surface area contributed by atoms with Crippen LogP contribution < -0.4 is 5.32 Å². The third-order valence-corrected chi connectivity index (χ3v) is 4.80. The van der Waals surface area contributed by atoms with Gasteiger partial charge >= 0.3 is 0 Å². The predicted octanol–water partition coefficient (Wildman–Crippen LogP) is 1.91. The van der Waals surface area contributed by atoms with Gasteiger partial charge in [0.05, 0.1) is 6.61 Å². The van der Waals surface area contributed by atoms with Crippen LogP contribution in [-0.2, 0) is 0 Å². The number of hydrogen-bond donors (Lipinski definition) is 2. The molecule has 2 rings (SSSR count). The molecule has 1 aromatic rings. The molecule has 2 N–H and O–H groups in total. The van der Waals surface area contributed by atoms with Crippen LogP contribution in [-0.4, -0.2) is 38.4 Å². The van der Waals surface area contributed by atoms with Crippen LogP contribution in [0.15, 0.2) is 10.7 Å². The van der Waals surface area contributed by atoms with Gasteiger partial charge in [0.1, 0.15) is 6.33 Å². The van der Waals surface area contributed by atoms with Gasteiger partial charge < -0.3 is 10.4 Å². The number of rotatable bonds is 8. The highest BCUT2D eigenvalue weighted by atomic mass is 32.2. The molecular weight excluding hydrogens is 254 g/mol. The van der Waals surface area contributed by atoms with Crippen LogP contribution in [0, 0.1) is 0 Å². The van der Waals surface area contributed by atoms with Crippen molar-refractivity contribution in [3.05, 3.63) is 6.33 Å². The van der Waals surface area contributed by atoms with Gasteiger partial charge in [-0.3, -0.25) is 0 Å². The molecule has 1 fully saturated rings. The summed E-state index contributed by atoms with van der Waals surface area (Å²) in [4.78, 5) is 4.13. The smallest absolute Gasteiger partial charge is 0.169 e. The SMILES string of the molecule is CC(CO)(CCCSc1ncns1)NC1CC1. The molecule has 1 aliphatic carbocycles. The number of aliphatic hydroxyl groups is 1. The Labute approximate surface area is 110 Å². The molecule has 4 nitrogen and oxygen atoms in total. The standard InChI is InChI=1S/C11H19N3OS2/c1-11(7-15,14-9-3-4-9)5-2-6-16-10-12-8-13-17-10/h8-9,14-15H,2-7H2,1H3. The summed E-state index contributed by atoms with van der Waals surface area (Å²) < 4.78 is 5.00. The Morgan fingerprint density at radius 1 is 1.65 bits per heavy atom. The second kappa shape index (κ2) is 6.13. The Morgan fingerprint density at radius 3 is 3.06 bits per heavy atom. The molecular formula is C11H19N3OS2. The average Bonchev–Trinajstić information content (AvgIpc) is 2.97. The first-order chi connectivity index (χ1) is 8.22. The van der Waals surface area contributed by atoms with E-state index in [1.807, 2.05) is 0 Å². The highest BCUT2D eigenvalue weighted by Crippen LogP contribution is 2.26. The summed E-state index contributed by atoms with van der Waals surface area (Å²) in [5, 5.41) is 13.0. The normalized spacial score (nSPS) is 19.2. The fourth-order valence-electron chi connectivity index (χ4n) is 1.77. The van der Waals surface area contributed by atoms with E-state index in [2.05, 4.69) is 21.6 Å². The van der Waals surface area contributed by atoms with Gasteiger partial charge in [-0.2, -0.15) is 4.37 Å². The van der Waals surface area contributed by atoms with Crippen molar-refractivity contribution in [3.8, 4) is 0 Å². The molecule has 0 spiro atoms. The van der Waals surface area contributed by atoms with Crippen LogP contribution in [0.25, 0.3) is 0 Å². The van der Waals surface area contributed by atoms with E-state index in [-0.39, 0.29) is 12.1 Å².